The van der Waals surface area contributed by atoms with Gasteiger partial charge < -0.3 is 5.73 Å². The average molecular weight is 234 g/mol. The van der Waals surface area contributed by atoms with Crippen molar-refractivity contribution in [1.29, 1.82) is 0 Å². The van der Waals surface area contributed by atoms with E-state index >= 15 is 0 Å². The second-order valence-corrected chi connectivity index (χ2v) is 4.36. The van der Waals surface area contributed by atoms with Crippen LogP contribution in [0.15, 0.2) is 35.8 Å². The Balaban J connectivity index is 2.21. The maximum absolute atomic E-state index is 12.8. The lowest BCUT2D eigenvalue weighted by Gasteiger charge is -1.94. The molecule has 1 aromatic carbocycles. The Morgan fingerprint density at radius 1 is 1.25 bits per heavy atom. The molecule has 0 saturated heterocycles. The topological polar surface area (TPSA) is 45.9 Å². The molecule has 0 aliphatic carbocycles. The van der Waals surface area contributed by atoms with Crippen LogP contribution < -0.4 is 10.1 Å². The predicted octanol–water partition coefficient (Wildman–Crippen LogP) is 2.20. The third kappa shape index (κ3) is 1.29. The van der Waals surface area contributed by atoms with Crippen LogP contribution in [0.4, 0.5) is 10.2 Å². The standard InChI is InChI=1S/C11H8FN3S/c12-8-3-1-7(2-4-8)9-10(13)15-5-6-16-11(15)14-9/h1-6H,13H2/p+1. The summed E-state index contributed by atoms with van der Waals surface area (Å²) < 4.78 is 14.7. The number of hydrogen-bond acceptors (Lipinski definition) is 2. The molecule has 0 amide bonds. The summed E-state index contributed by atoms with van der Waals surface area (Å²) in [6, 6.07) is 6.27. The largest absolute Gasteiger partial charge is 0.315 e. The number of hydrogen-bond donors (Lipinski definition) is 2. The number of imidazole rings is 1. The van der Waals surface area contributed by atoms with Crippen molar-refractivity contribution < 1.29 is 8.79 Å². The zero-order chi connectivity index (χ0) is 11.1. The number of nitrogens with one attached hydrogen (secondary N) is 1. The fourth-order valence-corrected chi connectivity index (χ4v) is 2.43. The molecular weight excluding hydrogens is 225 g/mol. The first-order valence-electron chi connectivity index (χ1n) is 4.78. The fourth-order valence-electron chi connectivity index (χ4n) is 1.69. The number of fused-ring (bicyclic) bond motifs is 1. The number of nitrogens with two attached hydrogens (primary N) is 1. The smallest absolute Gasteiger partial charge is 0.289 e. The molecule has 3 aromatic rings. The van der Waals surface area contributed by atoms with E-state index in [1.807, 2.05) is 16.0 Å². The maximum Gasteiger partial charge on any atom is 0.289 e. The van der Waals surface area contributed by atoms with Gasteiger partial charge in [0.2, 0.25) is 0 Å². The van der Waals surface area contributed by atoms with E-state index in [4.69, 9.17) is 5.73 Å². The molecule has 5 heteroatoms. The van der Waals surface area contributed by atoms with Crippen LogP contribution in [0, 0.1) is 5.82 Å². The molecular formula is C11H9FN3S+. The Labute approximate surface area is 95.0 Å². The van der Waals surface area contributed by atoms with Crippen molar-refractivity contribution in [2.24, 2.45) is 0 Å². The van der Waals surface area contributed by atoms with Gasteiger partial charge >= 0.3 is 0 Å². The minimum atomic E-state index is -0.247. The van der Waals surface area contributed by atoms with E-state index in [1.165, 1.54) is 12.1 Å². The molecule has 0 radical (unpaired) electrons. The van der Waals surface area contributed by atoms with E-state index in [1.54, 1.807) is 23.5 Å². The molecule has 0 fully saturated rings. The SMILES string of the molecule is Nc1c(-c2ccc(F)cc2)[nH]c2scc[n+]12. The van der Waals surface area contributed by atoms with Crippen LogP contribution in [-0.4, -0.2) is 4.98 Å². The van der Waals surface area contributed by atoms with Gasteiger partial charge in [0.15, 0.2) is 5.69 Å². The molecule has 0 saturated carbocycles. The summed E-state index contributed by atoms with van der Waals surface area (Å²) in [6.45, 7) is 0. The van der Waals surface area contributed by atoms with Crippen molar-refractivity contribution in [3.8, 4) is 11.3 Å². The molecule has 2 heterocycles. The Bertz CT molecular complexity index is 639. The average Bonchev–Trinajstić information content (AvgIpc) is 2.84. The molecule has 0 unspecified atom stereocenters. The van der Waals surface area contributed by atoms with Gasteiger partial charge in [-0.1, -0.05) is 11.3 Å². The summed E-state index contributed by atoms with van der Waals surface area (Å²) in [7, 11) is 0. The second-order valence-electron chi connectivity index (χ2n) is 3.47. The van der Waals surface area contributed by atoms with Crippen LogP contribution in [0.1, 0.15) is 0 Å². The van der Waals surface area contributed by atoms with E-state index in [0.29, 0.717) is 5.82 Å². The number of H-pyrrole nitrogens is 1. The van der Waals surface area contributed by atoms with Crippen LogP contribution in [0.25, 0.3) is 16.2 Å². The first-order chi connectivity index (χ1) is 7.75. The monoisotopic (exact) mass is 234 g/mol. The van der Waals surface area contributed by atoms with Crippen LogP contribution in [0.5, 0.6) is 0 Å². The number of aromatic amines is 1. The van der Waals surface area contributed by atoms with Gasteiger partial charge in [0.25, 0.3) is 10.8 Å². The highest BCUT2D eigenvalue weighted by Gasteiger charge is 2.17. The van der Waals surface area contributed by atoms with Crippen molar-refractivity contribution in [3.63, 3.8) is 0 Å². The first kappa shape index (κ1) is 9.35. The lowest BCUT2D eigenvalue weighted by Crippen LogP contribution is -2.19. The van der Waals surface area contributed by atoms with Crippen LogP contribution in [0.3, 0.4) is 0 Å². The van der Waals surface area contributed by atoms with Gasteiger partial charge in [0.05, 0.1) is 6.20 Å². The van der Waals surface area contributed by atoms with Crippen molar-refractivity contribution in [2.75, 3.05) is 5.73 Å². The third-order valence-electron chi connectivity index (χ3n) is 2.49. The number of halogens is 1. The number of nitrogens with zero attached hydrogens (tertiary/aromatic N) is 1. The summed E-state index contributed by atoms with van der Waals surface area (Å²) in [5.74, 6) is 0.395. The number of benzene rings is 1. The fraction of sp³-hybridized carbons (Fsp3) is 0. The third-order valence-corrected chi connectivity index (χ3v) is 3.27. The van der Waals surface area contributed by atoms with Crippen molar-refractivity contribution in [1.82, 2.24) is 4.98 Å². The predicted molar refractivity (Wildman–Crippen MR) is 61.6 cm³/mol. The van der Waals surface area contributed by atoms with E-state index in [2.05, 4.69) is 4.98 Å². The Kier molecular flexibility index (Phi) is 1.94. The summed E-state index contributed by atoms with van der Waals surface area (Å²) in [5, 5.41) is 1.95. The number of thiazole rings is 1. The lowest BCUT2D eigenvalue weighted by atomic mass is 10.1. The molecule has 16 heavy (non-hydrogen) atoms. The van der Waals surface area contributed by atoms with E-state index in [0.717, 1.165) is 16.2 Å². The van der Waals surface area contributed by atoms with Crippen LogP contribution >= 0.6 is 11.3 Å². The number of aromatic nitrogens is 2. The molecule has 3 rings (SSSR count). The molecule has 2 aromatic heterocycles. The quantitative estimate of drug-likeness (QED) is 0.623. The van der Waals surface area contributed by atoms with Gasteiger partial charge in [-0.3, -0.25) is 4.98 Å². The zero-order valence-corrected chi connectivity index (χ0v) is 9.09. The zero-order valence-electron chi connectivity index (χ0n) is 8.27. The van der Waals surface area contributed by atoms with Gasteiger partial charge in [-0.25, -0.2) is 4.39 Å². The maximum atomic E-state index is 12.8. The van der Waals surface area contributed by atoms with Gasteiger partial charge in [0.1, 0.15) is 5.82 Å². The lowest BCUT2D eigenvalue weighted by molar-refractivity contribution is -0.489. The molecule has 80 valence electrons. The summed E-state index contributed by atoms with van der Waals surface area (Å²) in [4.78, 5) is 4.18. The minimum absolute atomic E-state index is 0.247. The van der Waals surface area contributed by atoms with E-state index < -0.39 is 0 Å². The molecule has 0 spiro atoms. The second kappa shape index (κ2) is 3.31. The van der Waals surface area contributed by atoms with Crippen molar-refractivity contribution in [2.45, 2.75) is 0 Å². The normalized spacial score (nSPS) is 11.1. The summed E-state index contributed by atoms with van der Waals surface area (Å²) in [5.41, 5.74) is 7.71. The Morgan fingerprint density at radius 2 is 2.00 bits per heavy atom. The van der Waals surface area contributed by atoms with Crippen molar-refractivity contribution >= 4 is 22.1 Å². The highest BCUT2D eigenvalue weighted by Crippen LogP contribution is 2.24. The van der Waals surface area contributed by atoms with E-state index in [9.17, 15) is 4.39 Å². The van der Waals surface area contributed by atoms with Gasteiger partial charge in [-0.05, 0) is 24.3 Å². The highest BCUT2D eigenvalue weighted by molar-refractivity contribution is 7.14. The summed E-state index contributed by atoms with van der Waals surface area (Å²) >= 11 is 1.57. The first-order valence-corrected chi connectivity index (χ1v) is 5.66. The molecule has 3 nitrogen and oxygen atoms in total. The van der Waals surface area contributed by atoms with E-state index in [-0.39, 0.29) is 5.82 Å². The molecule has 0 atom stereocenters. The molecule has 0 aliphatic heterocycles. The highest BCUT2D eigenvalue weighted by atomic mass is 32.1. The molecule has 0 bridgehead atoms. The number of nitrogen functional groups attached to an aromatic ring is 1. The molecule has 0 aliphatic rings. The minimum Gasteiger partial charge on any atom is -0.315 e. The molecule has 3 N–H and O–H groups in total. The number of anilines is 1. The van der Waals surface area contributed by atoms with Gasteiger partial charge in [-0.15, -0.1) is 0 Å². The Morgan fingerprint density at radius 3 is 2.69 bits per heavy atom. The van der Waals surface area contributed by atoms with Crippen molar-refractivity contribution in [3.05, 3.63) is 41.7 Å². The Hall–Kier alpha value is -1.88. The van der Waals surface area contributed by atoms with Gasteiger partial charge in [-0.2, -0.15) is 4.40 Å². The van der Waals surface area contributed by atoms with Crippen LogP contribution in [-0.2, 0) is 0 Å². The number of rotatable bonds is 1. The summed E-state index contributed by atoms with van der Waals surface area (Å²) in [6.07, 6.45) is 1.90. The van der Waals surface area contributed by atoms with Gasteiger partial charge in [0, 0.05) is 10.9 Å². The van der Waals surface area contributed by atoms with Crippen LogP contribution in [0.2, 0.25) is 0 Å².